The Morgan fingerprint density at radius 3 is 2.41 bits per heavy atom. The van der Waals surface area contributed by atoms with Gasteiger partial charge in [-0.25, -0.2) is 4.79 Å². The molecule has 27 heavy (non-hydrogen) atoms. The van der Waals surface area contributed by atoms with Crippen molar-refractivity contribution in [3.05, 3.63) is 0 Å². The van der Waals surface area contributed by atoms with Crippen molar-refractivity contribution in [3.8, 4) is 0 Å². The van der Waals surface area contributed by atoms with E-state index in [4.69, 9.17) is 23.7 Å². The Kier molecular flexibility index (Phi) is 7.20. The summed E-state index contributed by atoms with van der Waals surface area (Å²) in [7, 11) is 0. The van der Waals surface area contributed by atoms with Gasteiger partial charge in [-0.05, 0) is 34.1 Å². The molecule has 0 aliphatic carbocycles. The van der Waals surface area contributed by atoms with Gasteiger partial charge < -0.3 is 34.1 Å². The minimum absolute atomic E-state index is 0.115. The van der Waals surface area contributed by atoms with Crippen molar-refractivity contribution in [2.24, 2.45) is 0 Å². The lowest BCUT2D eigenvalue weighted by Crippen LogP contribution is -2.62. The summed E-state index contributed by atoms with van der Waals surface area (Å²) in [5.74, 6) is -3.64. The predicted octanol–water partition coefficient (Wildman–Crippen LogP) is 0.478. The van der Waals surface area contributed by atoms with Crippen molar-refractivity contribution < 1.29 is 38.4 Å². The normalized spacial score (nSPS) is 32.1. The van der Waals surface area contributed by atoms with Crippen molar-refractivity contribution in [3.63, 3.8) is 0 Å². The maximum absolute atomic E-state index is 12.2. The number of hydrogen-bond donors (Lipinski definition) is 2. The number of esters is 1. The molecule has 156 valence electrons. The fourth-order valence-corrected chi connectivity index (χ4v) is 3.13. The van der Waals surface area contributed by atoms with Gasteiger partial charge in [0.1, 0.15) is 18.3 Å². The lowest BCUT2D eigenvalue weighted by atomic mass is 9.99. The van der Waals surface area contributed by atoms with Gasteiger partial charge in [-0.2, -0.15) is 0 Å². The first-order valence-corrected chi connectivity index (χ1v) is 9.34. The Morgan fingerprint density at radius 1 is 1.11 bits per heavy atom. The van der Waals surface area contributed by atoms with Gasteiger partial charge in [0, 0.05) is 0 Å². The number of ether oxygens (including phenoxy) is 5. The smallest absolute Gasteiger partial charge is 0.396 e. The third-order valence-corrected chi connectivity index (χ3v) is 4.39. The highest BCUT2D eigenvalue weighted by Gasteiger charge is 2.51. The third kappa shape index (κ3) is 5.86. The maximum atomic E-state index is 12.2. The van der Waals surface area contributed by atoms with E-state index >= 15 is 0 Å². The van der Waals surface area contributed by atoms with E-state index in [2.05, 4.69) is 5.32 Å². The molecule has 0 aromatic rings. The molecule has 9 nitrogen and oxygen atoms in total. The molecule has 2 rings (SSSR count). The molecule has 0 spiro atoms. The van der Waals surface area contributed by atoms with Crippen molar-refractivity contribution in [2.75, 3.05) is 19.8 Å². The van der Waals surface area contributed by atoms with Crippen LogP contribution in [0.15, 0.2) is 0 Å². The standard InChI is InChI=1S/C18H31NO8/c1-6-7-8-23-16(22)15(21)19-11-10-24-17(2,3)26-13(11)14-12(9-20)25-18(4,5)27-14/h11-14,20H,6-10H2,1-5H3,(H,19,21)/t11-,12?,13?,14+/m0/s1. The summed E-state index contributed by atoms with van der Waals surface area (Å²) in [4.78, 5) is 24.0. The van der Waals surface area contributed by atoms with E-state index in [9.17, 15) is 14.7 Å². The average molecular weight is 389 g/mol. The number of aliphatic hydroxyl groups is 1. The van der Waals surface area contributed by atoms with Crippen molar-refractivity contribution in [2.45, 2.75) is 83.4 Å². The number of amides is 1. The molecule has 2 fully saturated rings. The van der Waals surface area contributed by atoms with Crippen molar-refractivity contribution in [1.29, 1.82) is 0 Å². The van der Waals surface area contributed by atoms with Crippen LogP contribution in [-0.2, 0) is 33.3 Å². The molecule has 2 unspecified atom stereocenters. The molecule has 0 aromatic carbocycles. The van der Waals surface area contributed by atoms with Crippen LogP contribution < -0.4 is 5.32 Å². The van der Waals surface area contributed by atoms with Crippen molar-refractivity contribution in [1.82, 2.24) is 5.32 Å². The van der Waals surface area contributed by atoms with E-state index < -0.39 is 47.8 Å². The minimum Gasteiger partial charge on any atom is -0.459 e. The molecule has 0 saturated carbocycles. The van der Waals surface area contributed by atoms with Gasteiger partial charge in [-0.3, -0.25) is 4.79 Å². The zero-order chi connectivity index (χ0) is 20.2. The molecule has 4 atom stereocenters. The van der Waals surface area contributed by atoms with E-state index in [0.29, 0.717) is 6.42 Å². The molecule has 2 saturated heterocycles. The fourth-order valence-electron chi connectivity index (χ4n) is 3.13. The molecule has 0 aromatic heterocycles. The van der Waals surface area contributed by atoms with Crippen LogP contribution in [0.4, 0.5) is 0 Å². The Labute approximate surface area is 159 Å². The minimum atomic E-state index is -0.949. The van der Waals surface area contributed by atoms with Crippen LogP contribution in [0, 0.1) is 0 Å². The first-order chi connectivity index (χ1) is 12.6. The lowest BCUT2D eigenvalue weighted by molar-refractivity contribution is -0.302. The van der Waals surface area contributed by atoms with Crippen LogP contribution in [0.5, 0.6) is 0 Å². The van der Waals surface area contributed by atoms with Gasteiger partial charge in [0.05, 0.1) is 25.9 Å². The van der Waals surface area contributed by atoms with Gasteiger partial charge in [-0.1, -0.05) is 13.3 Å². The van der Waals surface area contributed by atoms with Gasteiger partial charge in [0.15, 0.2) is 11.6 Å². The number of nitrogens with one attached hydrogen (secondary N) is 1. The molecule has 2 aliphatic rings. The van der Waals surface area contributed by atoms with Crippen LogP contribution in [0.1, 0.15) is 47.5 Å². The van der Waals surface area contributed by atoms with E-state index in [0.717, 1.165) is 6.42 Å². The number of carbonyl (C=O) groups excluding carboxylic acids is 2. The number of hydrogen-bond acceptors (Lipinski definition) is 8. The zero-order valence-electron chi connectivity index (χ0n) is 16.6. The summed E-state index contributed by atoms with van der Waals surface area (Å²) in [6.45, 7) is 8.95. The summed E-state index contributed by atoms with van der Waals surface area (Å²) < 4.78 is 28.1. The second-order valence-corrected chi connectivity index (χ2v) is 7.68. The molecule has 2 N–H and O–H groups in total. The molecule has 2 heterocycles. The SMILES string of the molecule is CCCCOC(=O)C(=O)N[C@H]1COC(C)(C)OC1[C@@H]1OC(C)(C)OC1CO. The average Bonchev–Trinajstić information content (AvgIpc) is 2.91. The number of aliphatic hydroxyl groups excluding tert-OH is 1. The topological polar surface area (TPSA) is 113 Å². The summed E-state index contributed by atoms with van der Waals surface area (Å²) in [5, 5.41) is 12.3. The molecule has 9 heteroatoms. The highest BCUT2D eigenvalue weighted by atomic mass is 16.8. The Hall–Kier alpha value is -1.26. The zero-order valence-corrected chi connectivity index (χ0v) is 16.6. The van der Waals surface area contributed by atoms with Crippen LogP contribution in [0.3, 0.4) is 0 Å². The van der Waals surface area contributed by atoms with Gasteiger partial charge in [-0.15, -0.1) is 0 Å². The van der Waals surface area contributed by atoms with Gasteiger partial charge >= 0.3 is 11.9 Å². The number of carbonyl (C=O) groups is 2. The van der Waals surface area contributed by atoms with E-state index in [1.165, 1.54) is 0 Å². The number of unbranched alkanes of at least 4 members (excludes halogenated alkanes) is 1. The quantitative estimate of drug-likeness (QED) is 0.383. The van der Waals surface area contributed by atoms with E-state index in [1.54, 1.807) is 27.7 Å². The molecule has 0 radical (unpaired) electrons. The summed E-state index contributed by atoms with van der Waals surface area (Å²) >= 11 is 0. The van der Waals surface area contributed by atoms with Gasteiger partial charge in [0.25, 0.3) is 0 Å². The predicted molar refractivity (Wildman–Crippen MR) is 93.6 cm³/mol. The fraction of sp³-hybridized carbons (Fsp3) is 0.889. The van der Waals surface area contributed by atoms with Gasteiger partial charge in [0.2, 0.25) is 0 Å². The Morgan fingerprint density at radius 2 is 1.78 bits per heavy atom. The Bertz CT molecular complexity index is 535. The molecule has 1 amide bonds. The maximum Gasteiger partial charge on any atom is 0.396 e. The first kappa shape index (κ1) is 22.0. The summed E-state index contributed by atoms with van der Waals surface area (Å²) in [5.41, 5.74) is 0. The highest BCUT2D eigenvalue weighted by molar-refractivity contribution is 6.32. The van der Waals surface area contributed by atoms with Crippen LogP contribution in [-0.4, -0.2) is 72.7 Å². The van der Waals surface area contributed by atoms with Crippen LogP contribution in [0.2, 0.25) is 0 Å². The molecule has 2 aliphatic heterocycles. The largest absolute Gasteiger partial charge is 0.459 e. The third-order valence-electron chi connectivity index (χ3n) is 4.39. The van der Waals surface area contributed by atoms with Crippen molar-refractivity contribution >= 4 is 11.9 Å². The summed E-state index contributed by atoms with van der Waals surface area (Å²) in [6, 6.07) is -0.666. The van der Waals surface area contributed by atoms with Crippen LogP contribution in [0.25, 0.3) is 0 Å². The Balaban J connectivity index is 2.09. The first-order valence-electron chi connectivity index (χ1n) is 9.34. The molecular formula is C18H31NO8. The second-order valence-electron chi connectivity index (χ2n) is 7.68. The highest BCUT2D eigenvalue weighted by Crippen LogP contribution is 2.35. The second kappa shape index (κ2) is 8.83. The van der Waals surface area contributed by atoms with E-state index in [1.807, 2.05) is 6.92 Å². The van der Waals surface area contributed by atoms with Crippen LogP contribution >= 0.6 is 0 Å². The monoisotopic (exact) mass is 389 g/mol. The number of rotatable bonds is 6. The molecular weight excluding hydrogens is 358 g/mol. The summed E-state index contributed by atoms with van der Waals surface area (Å²) in [6.07, 6.45) is -0.413. The lowest BCUT2D eigenvalue weighted by Gasteiger charge is -2.43. The van der Waals surface area contributed by atoms with E-state index in [-0.39, 0.29) is 19.8 Å². The molecule has 0 bridgehead atoms.